The maximum absolute atomic E-state index is 13.9. The summed E-state index contributed by atoms with van der Waals surface area (Å²) < 4.78 is 46.0. The smallest absolute Gasteiger partial charge is 0.422 e. The Morgan fingerprint density at radius 1 is 1.02 bits per heavy atom. The lowest BCUT2D eigenvalue weighted by Crippen LogP contribution is -2.41. The summed E-state index contributed by atoms with van der Waals surface area (Å²) in [6.07, 6.45) is -1.42. The van der Waals surface area contributed by atoms with Crippen molar-refractivity contribution in [3.8, 4) is 11.4 Å². The molecule has 3 heterocycles. The highest BCUT2D eigenvalue weighted by Gasteiger charge is 2.33. The second-order valence-electron chi connectivity index (χ2n) is 10.3. The van der Waals surface area contributed by atoms with Crippen molar-refractivity contribution in [2.45, 2.75) is 25.8 Å². The van der Waals surface area contributed by atoms with Crippen LogP contribution in [0.4, 0.5) is 13.2 Å². The molecule has 3 aromatic carbocycles. The van der Waals surface area contributed by atoms with Crippen LogP contribution in [0.3, 0.4) is 0 Å². The van der Waals surface area contributed by atoms with Crippen molar-refractivity contribution in [3.05, 3.63) is 116 Å². The van der Waals surface area contributed by atoms with E-state index in [1.165, 1.54) is 44.4 Å². The number of alkyl halides is 3. The Balaban J connectivity index is 1.36. The summed E-state index contributed by atoms with van der Waals surface area (Å²) in [6, 6.07) is 15.5. The van der Waals surface area contributed by atoms with Crippen LogP contribution in [-0.4, -0.2) is 55.1 Å². The number of ether oxygens (including phenoxy) is 1. The lowest BCUT2D eigenvalue weighted by Gasteiger charge is -2.28. The van der Waals surface area contributed by atoms with Gasteiger partial charge in [0.05, 0.1) is 34.0 Å². The van der Waals surface area contributed by atoms with Crippen molar-refractivity contribution in [2.24, 2.45) is 0 Å². The maximum Gasteiger partial charge on any atom is 0.422 e. The van der Waals surface area contributed by atoms with Crippen LogP contribution in [0.25, 0.3) is 16.7 Å². The van der Waals surface area contributed by atoms with Crippen LogP contribution in [-0.2, 0) is 19.6 Å². The number of nitrogens with one attached hydrogen (secondary N) is 1. The van der Waals surface area contributed by atoms with Gasteiger partial charge in [0, 0.05) is 42.1 Å². The number of benzene rings is 3. The Hall–Kier alpha value is -4.69. The molecule has 0 unspecified atom stereocenters. The third-order valence-corrected chi connectivity index (χ3v) is 8.60. The molecule has 6 rings (SSSR count). The topological polar surface area (TPSA) is 111 Å². The zero-order valence-corrected chi connectivity index (χ0v) is 26.1. The number of halogens is 5. The van der Waals surface area contributed by atoms with Gasteiger partial charge in [-0.1, -0.05) is 23.7 Å². The number of amides is 2. The molecular weight excluding hydrogens is 693 g/mol. The molecule has 10 nitrogen and oxygen atoms in total. The molecular formula is C31H23BrClF3N6O4. The molecule has 0 fully saturated rings. The first-order valence-corrected chi connectivity index (χ1v) is 15.0. The lowest BCUT2D eigenvalue weighted by molar-refractivity contribution is -0.153. The summed E-state index contributed by atoms with van der Waals surface area (Å²) in [5.74, 6) is -1.01. The van der Waals surface area contributed by atoms with Gasteiger partial charge >= 0.3 is 11.9 Å². The highest BCUT2D eigenvalue weighted by atomic mass is 79.9. The van der Waals surface area contributed by atoms with Gasteiger partial charge < -0.3 is 15.0 Å². The molecule has 15 heteroatoms. The molecule has 0 bridgehead atoms. The van der Waals surface area contributed by atoms with Gasteiger partial charge in [0.15, 0.2) is 6.61 Å². The second-order valence-corrected chi connectivity index (χ2v) is 11.6. The second kappa shape index (κ2) is 12.6. The van der Waals surface area contributed by atoms with E-state index in [9.17, 15) is 27.6 Å². The maximum atomic E-state index is 13.9. The quantitative estimate of drug-likeness (QED) is 0.238. The standard InChI is InChI=1S/C31H23BrClF3N6O4/c32-22-9-4-18(14-23(22)33)29(44)40-12-13-41-25(16-40)27(28(43)39-15-19-2-1-3-24-26(19)38-11-10-37-24)42(30(41)45)20-5-7-21(8-6-20)46-17-31(34,35)36/h1-11,14H,12-13,15-17H2,(H,39,43). The predicted molar refractivity (Wildman–Crippen MR) is 166 cm³/mol. The summed E-state index contributed by atoms with van der Waals surface area (Å²) in [7, 11) is 0. The van der Waals surface area contributed by atoms with E-state index in [2.05, 4.69) is 31.2 Å². The van der Waals surface area contributed by atoms with Crippen molar-refractivity contribution >= 4 is 50.4 Å². The van der Waals surface area contributed by atoms with Gasteiger partial charge in [0.25, 0.3) is 11.8 Å². The fourth-order valence-corrected chi connectivity index (χ4v) is 5.66. The van der Waals surface area contributed by atoms with Gasteiger partial charge in [-0.05, 0) is 70.0 Å². The van der Waals surface area contributed by atoms with Gasteiger partial charge in [-0.15, -0.1) is 0 Å². The Bertz CT molecular complexity index is 2020. The minimum atomic E-state index is -4.53. The number of carbonyl (C=O) groups excluding carboxylic acids is 2. The molecule has 0 saturated heterocycles. The molecule has 0 spiro atoms. The van der Waals surface area contributed by atoms with E-state index < -0.39 is 24.4 Å². The molecule has 1 N–H and O–H groups in total. The van der Waals surface area contributed by atoms with Crippen LogP contribution in [0, 0.1) is 0 Å². The molecule has 1 aliphatic heterocycles. The van der Waals surface area contributed by atoms with E-state index in [0.717, 1.165) is 0 Å². The van der Waals surface area contributed by atoms with E-state index >= 15 is 0 Å². The van der Waals surface area contributed by atoms with Crippen molar-refractivity contribution in [1.82, 2.24) is 29.3 Å². The van der Waals surface area contributed by atoms with Gasteiger partial charge in [-0.25, -0.2) is 4.79 Å². The van der Waals surface area contributed by atoms with Crippen LogP contribution < -0.4 is 15.7 Å². The van der Waals surface area contributed by atoms with Crippen molar-refractivity contribution in [2.75, 3.05) is 13.2 Å². The van der Waals surface area contributed by atoms with Crippen LogP contribution >= 0.6 is 27.5 Å². The molecule has 0 saturated carbocycles. The average Bonchev–Trinajstić information content (AvgIpc) is 3.34. The van der Waals surface area contributed by atoms with Crippen molar-refractivity contribution in [1.29, 1.82) is 0 Å². The minimum Gasteiger partial charge on any atom is -0.484 e. The van der Waals surface area contributed by atoms with Gasteiger partial charge in [0.2, 0.25) is 0 Å². The molecule has 2 aromatic heterocycles. The Kier molecular flexibility index (Phi) is 8.57. The summed E-state index contributed by atoms with van der Waals surface area (Å²) >= 11 is 9.53. The van der Waals surface area contributed by atoms with E-state index in [4.69, 9.17) is 16.3 Å². The third-order valence-electron chi connectivity index (χ3n) is 7.37. The number of hydrogen-bond acceptors (Lipinski definition) is 6. The molecule has 1 aliphatic rings. The van der Waals surface area contributed by atoms with Gasteiger partial charge in [-0.3, -0.25) is 28.7 Å². The summed E-state index contributed by atoms with van der Waals surface area (Å²) in [5, 5.41) is 3.22. The monoisotopic (exact) mass is 714 g/mol. The molecule has 0 aliphatic carbocycles. The SMILES string of the molecule is O=C(NCc1cccc2nccnc12)c1c2n(c(=O)n1-c1ccc(OCC(F)(F)F)cc1)CCN(C(=O)c1ccc(Br)c(Cl)c1)C2. The van der Waals surface area contributed by atoms with Crippen LogP contribution in [0.5, 0.6) is 5.75 Å². The fourth-order valence-electron chi connectivity index (χ4n) is 5.23. The van der Waals surface area contributed by atoms with Crippen LogP contribution in [0.15, 0.2) is 82.3 Å². The summed E-state index contributed by atoms with van der Waals surface area (Å²) in [5.41, 5.74) is 2.22. The van der Waals surface area contributed by atoms with Crippen molar-refractivity contribution < 1.29 is 27.5 Å². The minimum absolute atomic E-state index is 0.0216. The Morgan fingerprint density at radius 3 is 2.52 bits per heavy atom. The van der Waals surface area contributed by atoms with Crippen LogP contribution in [0.1, 0.15) is 32.1 Å². The number of fused-ring (bicyclic) bond motifs is 2. The summed E-state index contributed by atoms with van der Waals surface area (Å²) in [6.45, 7) is -1.21. The Morgan fingerprint density at radius 2 is 1.78 bits per heavy atom. The lowest BCUT2D eigenvalue weighted by atomic mass is 10.1. The van der Waals surface area contributed by atoms with E-state index in [1.54, 1.807) is 42.7 Å². The highest BCUT2D eigenvalue weighted by molar-refractivity contribution is 9.10. The first-order chi connectivity index (χ1) is 22.0. The number of nitrogens with zero attached hydrogens (tertiary/aromatic N) is 5. The number of hydrogen-bond donors (Lipinski definition) is 1. The zero-order chi connectivity index (χ0) is 32.6. The number of imidazole rings is 1. The Labute approximate surface area is 272 Å². The van der Waals surface area contributed by atoms with Crippen molar-refractivity contribution in [3.63, 3.8) is 0 Å². The third kappa shape index (κ3) is 6.35. The number of carbonyl (C=O) groups is 2. The largest absolute Gasteiger partial charge is 0.484 e. The van der Waals surface area contributed by atoms with E-state index in [0.29, 0.717) is 37.3 Å². The zero-order valence-electron chi connectivity index (χ0n) is 23.7. The van der Waals surface area contributed by atoms with E-state index in [1.807, 2.05) is 0 Å². The number of rotatable bonds is 7. The average molecular weight is 716 g/mol. The first kappa shape index (κ1) is 31.3. The first-order valence-electron chi connectivity index (χ1n) is 13.9. The number of para-hydroxylation sites is 1. The highest BCUT2D eigenvalue weighted by Crippen LogP contribution is 2.27. The van der Waals surface area contributed by atoms with E-state index in [-0.39, 0.29) is 49.2 Å². The molecule has 236 valence electrons. The molecule has 0 radical (unpaired) electrons. The molecule has 5 aromatic rings. The number of aromatic nitrogens is 4. The molecule has 2 amide bonds. The van der Waals surface area contributed by atoms with Gasteiger partial charge in [-0.2, -0.15) is 13.2 Å². The molecule has 0 atom stereocenters. The normalized spacial score (nSPS) is 13.0. The van der Waals surface area contributed by atoms with Gasteiger partial charge in [0.1, 0.15) is 11.4 Å². The predicted octanol–water partition coefficient (Wildman–Crippen LogP) is 5.53. The molecule has 46 heavy (non-hydrogen) atoms. The summed E-state index contributed by atoms with van der Waals surface area (Å²) in [4.78, 5) is 51.4. The fraction of sp³-hybridized carbons (Fsp3) is 0.194. The van der Waals surface area contributed by atoms with Crippen LogP contribution in [0.2, 0.25) is 5.02 Å².